The molecule has 0 aromatic carbocycles. The normalized spacial score (nSPS) is 11.1. The minimum Gasteiger partial charge on any atom is -0.303 e. The summed E-state index contributed by atoms with van der Waals surface area (Å²) in [6.07, 6.45) is 0. The van der Waals surface area contributed by atoms with Gasteiger partial charge in [-0.15, -0.1) is 0 Å². The molecule has 0 saturated carbocycles. The van der Waals surface area contributed by atoms with Gasteiger partial charge in [0, 0.05) is 28.4 Å². The molecule has 11 heteroatoms. The third-order valence-corrected chi connectivity index (χ3v) is 2.77. The summed E-state index contributed by atoms with van der Waals surface area (Å²) in [7, 11) is -2.90. The molecule has 2 N–H and O–H groups in total. The third-order valence-electron chi connectivity index (χ3n) is 0.923. The Labute approximate surface area is 95.2 Å². The predicted molar refractivity (Wildman–Crippen MR) is 58.1 cm³/mol. The molecule has 15 heavy (non-hydrogen) atoms. The highest BCUT2D eigenvalue weighted by Gasteiger charge is 2.14. The lowest BCUT2D eigenvalue weighted by molar-refractivity contribution is 0.203. The van der Waals surface area contributed by atoms with Crippen molar-refractivity contribution < 1.29 is 37.0 Å². The van der Waals surface area contributed by atoms with Crippen LogP contribution in [0.2, 0.25) is 0 Å². The van der Waals surface area contributed by atoms with Gasteiger partial charge < -0.3 is 9.79 Å². The van der Waals surface area contributed by atoms with Gasteiger partial charge in [0.15, 0.2) is 0 Å². The van der Waals surface area contributed by atoms with Gasteiger partial charge in [0.1, 0.15) is 0 Å². The zero-order chi connectivity index (χ0) is 11.8. The summed E-state index contributed by atoms with van der Waals surface area (Å²) in [5.74, 6) is 0. The van der Waals surface area contributed by atoms with Crippen molar-refractivity contribution in [1.29, 1.82) is 0 Å². The molecule has 0 aliphatic heterocycles. The van der Waals surface area contributed by atoms with Gasteiger partial charge in [-0.05, 0) is 0 Å². The second kappa shape index (κ2) is 9.77. The number of hydrogen-bond acceptors (Lipinski definition) is 6. The SMILES string of the molecule is COP(=O)(O)OC.COP(=O)(O)OC.S. The van der Waals surface area contributed by atoms with Crippen LogP contribution in [0.1, 0.15) is 0 Å². The van der Waals surface area contributed by atoms with Gasteiger partial charge in [-0.25, -0.2) is 9.13 Å². The Morgan fingerprint density at radius 3 is 0.867 bits per heavy atom. The van der Waals surface area contributed by atoms with E-state index in [0.29, 0.717) is 0 Å². The third kappa shape index (κ3) is 14.6. The zero-order valence-corrected chi connectivity index (χ0v) is 11.5. The molecular formula is C4H16O8P2S. The van der Waals surface area contributed by atoms with E-state index < -0.39 is 15.6 Å². The molecule has 0 atom stereocenters. The quantitative estimate of drug-likeness (QED) is 0.732. The molecule has 0 unspecified atom stereocenters. The number of hydrogen-bond donors (Lipinski definition) is 2. The predicted octanol–water partition coefficient (Wildman–Crippen LogP) is 0.872. The molecule has 0 aromatic heterocycles. The van der Waals surface area contributed by atoms with Crippen LogP contribution in [0.25, 0.3) is 0 Å². The summed E-state index contributed by atoms with van der Waals surface area (Å²) in [5.41, 5.74) is 0. The van der Waals surface area contributed by atoms with Crippen LogP contribution in [-0.4, -0.2) is 38.2 Å². The molecule has 0 spiro atoms. The summed E-state index contributed by atoms with van der Waals surface area (Å²) in [4.78, 5) is 16.5. The first-order chi connectivity index (χ1) is 6.24. The van der Waals surface area contributed by atoms with Gasteiger partial charge >= 0.3 is 15.6 Å². The first-order valence-electron chi connectivity index (χ1n) is 3.13. The Bertz CT molecular complexity index is 193. The molecule has 0 saturated heterocycles. The van der Waals surface area contributed by atoms with E-state index in [1.165, 1.54) is 0 Å². The highest BCUT2D eigenvalue weighted by molar-refractivity contribution is 7.59. The highest BCUT2D eigenvalue weighted by Crippen LogP contribution is 2.40. The average molecular weight is 286 g/mol. The summed E-state index contributed by atoms with van der Waals surface area (Å²) in [6.45, 7) is 0. The minimum atomic E-state index is -3.65. The summed E-state index contributed by atoms with van der Waals surface area (Å²) in [6, 6.07) is 0. The Morgan fingerprint density at radius 2 is 0.867 bits per heavy atom. The first-order valence-corrected chi connectivity index (χ1v) is 6.12. The molecule has 8 nitrogen and oxygen atoms in total. The lowest BCUT2D eigenvalue weighted by Crippen LogP contribution is -1.83. The van der Waals surface area contributed by atoms with Crippen LogP contribution >= 0.6 is 29.1 Å². The van der Waals surface area contributed by atoms with Crippen molar-refractivity contribution in [2.45, 2.75) is 0 Å². The van der Waals surface area contributed by atoms with E-state index in [0.717, 1.165) is 28.4 Å². The lowest BCUT2D eigenvalue weighted by Gasteiger charge is -2.01. The number of phosphoric acid groups is 2. The van der Waals surface area contributed by atoms with Gasteiger partial charge in [0.25, 0.3) is 0 Å². The molecule has 0 aliphatic carbocycles. The van der Waals surface area contributed by atoms with Gasteiger partial charge in [-0.2, -0.15) is 13.5 Å². The minimum absolute atomic E-state index is 0. The number of rotatable bonds is 4. The van der Waals surface area contributed by atoms with Crippen molar-refractivity contribution in [2.24, 2.45) is 0 Å². The highest BCUT2D eigenvalue weighted by atomic mass is 32.1. The van der Waals surface area contributed by atoms with Crippen LogP contribution in [0.15, 0.2) is 0 Å². The van der Waals surface area contributed by atoms with E-state index in [9.17, 15) is 9.13 Å². The Balaban J connectivity index is -0.000000180. The summed E-state index contributed by atoms with van der Waals surface area (Å²) >= 11 is 0. The van der Waals surface area contributed by atoms with Crippen LogP contribution < -0.4 is 0 Å². The second-order valence-electron chi connectivity index (χ2n) is 1.67. The van der Waals surface area contributed by atoms with Crippen molar-refractivity contribution in [3.8, 4) is 0 Å². The Hall–Kier alpha value is 0.570. The van der Waals surface area contributed by atoms with Crippen molar-refractivity contribution in [3.05, 3.63) is 0 Å². The van der Waals surface area contributed by atoms with Crippen molar-refractivity contribution >= 4 is 29.1 Å². The van der Waals surface area contributed by atoms with Crippen LogP contribution in [0.5, 0.6) is 0 Å². The average Bonchev–Trinajstić information content (AvgIpc) is 2.19. The maximum Gasteiger partial charge on any atom is 0.471 e. The molecule has 0 fully saturated rings. The maximum atomic E-state index is 10.1. The lowest BCUT2D eigenvalue weighted by atomic mass is 11.8. The van der Waals surface area contributed by atoms with Crippen LogP contribution in [0, 0.1) is 0 Å². The van der Waals surface area contributed by atoms with Gasteiger partial charge in [-0.3, -0.25) is 18.1 Å². The van der Waals surface area contributed by atoms with Crippen LogP contribution in [0.3, 0.4) is 0 Å². The van der Waals surface area contributed by atoms with Gasteiger partial charge in [0.05, 0.1) is 0 Å². The molecule has 96 valence electrons. The fourth-order valence-electron chi connectivity index (χ4n) is 0.149. The van der Waals surface area contributed by atoms with Crippen molar-refractivity contribution in [1.82, 2.24) is 0 Å². The molecule has 0 aromatic rings. The van der Waals surface area contributed by atoms with E-state index in [1.54, 1.807) is 0 Å². The van der Waals surface area contributed by atoms with E-state index in [-0.39, 0.29) is 13.5 Å². The molecule has 0 rings (SSSR count). The van der Waals surface area contributed by atoms with Crippen LogP contribution in [0.4, 0.5) is 0 Å². The van der Waals surface area contributed by atoms with Gasteiger partial charge in [-0.1, -0.05) is 0 Å². The first kappa shape index (κ1) is 20.9. The van der Waals surface area contributed by atoms with E-state index in [4.69, 9.17) is 9.79 Å². The second-order valence-corrected chi connectivity index (χ2v) is 5.00. The zero-order valence-electron chi connectivity index (χ0n) is 8.74. The fourth-order valence-corrected chi connectivity index (χ4v) is 0.447. The van der Waals surface area contributed by atoms with Crippen LogP contribution in [-0.2, 0) is 27.2 Å². The fraction of sp³-hybridized carbons (Fsp3) is 1.00. The Morgan fingerprint density at radius 1 is 0.733 bits per heavy atom. The van der Waals surface area contributed by atoms with E-state index >= 15 is 0 Å². The Kier molecular flexibility index (Phi) is 13.6. The van der Waals surface area contributed by atoms with E-state index in [1.807, 2.05) is 0 Å². The molecule has 0 heterocycles. The molecule has 0 bridgehead atoms. The molecule has 0 radical (unpaired) electrons. The molecular weight excluding hydrogens is 270 g/mol. The molecule has 0 amide bonds. The largest absolute Gasteiger partial charge is 0.471 e. The number of phosphoric ester groups is 2. The van der Waals surface area contributed by atoms with Crippen molar-refractivity contribution in [2.75, 3.05) is 28.4 Å². The van der Waals surface area contributed by atoms with E-state index in [2.05, 4.69) is 18.1 Å². The van der Waals surface area contributed by atoms with Gasteiger partial charge in [0.2, 0.25) is 0 Å². The smallest absolute Gasteiger partial charge is 0.303 e. The summed E-state index contributed by atoms with van der Waals surface area (Å²) < 4.78 is 36.0. The monoisotopic (exact) mass is 286 g/mol. The van der Waals surface area contributed by atoms with Crippen molar-refractivity contribution in [3.63, 3.8) is 0 Å². The standard InChI is InChI=1S/2C2H7O4P.H2S/c2*1-5-7(3,4)6-2;/h2*1-2H3,(H,3,4);1H2. The maximum absolute atomic E-state index is 10.1. The topological polar surface area (TPSA) is 112 Å². The molecule has 0 aliphatic rings. The summed E-state index contributed by atoms with van der Waals surface area (Å²) in [5, 5.41) is 0.